The maximum absolute atomic E-state index is 6.30. The normalized spacial score (nSPS) is 35.3. The van der Waals surface area contributed by atoms with E-state index in [0.29, 0.717) is 6.04 Å². The first-order valence-electron chi connectivity index (χ1n) is 8.97. The molecule has 0 aromatic heterocycles. The van der Waals surface area contributed by atoms with Crippen molar-refractivity contribution >= 4 is 0 Å². The molecule has 21 heavy (non-hydrogen) atoms. The van der Waals surface area contributed by atoms with Crippen molar-refractivity contribution in [1.82, 2.24) is 14.7 Å². The number of hydrogen-bond acceptors (Lipinski definition) is 4. The molecule has 3 fully saturated rings. The Balaban J connectivity index is 1.69. The fraction of sp³-hybridized carbons (Fsp3) is 1.00. The number of hydrogen-bond donors (Lipinski definition) is 1. The van der Waals surface area contributed by atoms with Gasteiger partial charge in [-0.1, -0.05) is 0 Å². The van der Waals surface area contributed by atoms with E-state index < -0.39 is 0 Å². The molecular weight excluding hydrogens is 260 g/mol. The number of likely N-dealkylation sites (tertiary alicyclic amines) is 2. The fourth-order valence-electron chi connectivity index (χ4n) is 4.85. The third kappa shape index (κ3) is 2.88. The molecule has 4 heteroatoms. The Morgan fingerprint density at radius 2 is 1.71 bits per heavy atom. The Labute approximate surface area is 130 Å². The molecule has 0 saturated carbocycles. The molecule has 0 radical (unpaired) electrons. The number of rotatable bonds is 3. The van der Waals surface area contributed by atoms with E-state index in [1.54, 1.807) is 0 Å². The van der Waals surface area contributed by atoms with Crippen LogP contribution in [0, 0.1) is 0 Å². The van der Waals surface area contributed by atoms with Crippen molar-refractivity contribution in [2.75, 3.05) is 39.8 Å². The van der Waals surface area contributed by atoms with Gasteiger partial charge in [0.1, 0.15) is 0 Å². The Kier molecular flexibility index (Phi) is 4.60. The Morgan fingerprint density at radius 3 is 2.33 bits per heavy atom. The minimum Gasteiger partial charge on any atom is -0.329 e. The standard InChI is InChI=1S/C17H34N4/c1-14(2)20-10-7-17(13-18,8-11-20)21-9-6-15-4-5-16(12-21)19(15)3/h14-16H,4-13,18H2,1-3H3. The second-order valence-electron chi connectivity index (χ2n) is 7.84. The van der Waals surface area contributed by atoms with Gasteiger partial charge in [0, 0.05) is 56.4 Å². The van der Waals surface area contributed by atoms with Crippen LogP contribution in [0.3, 0.4) is 0 Å². The van der Waals surface area contributed by atoms with Gasteiger partial charge < -0.3 is 10.6 Å². The van der Waals surface area contributed by atoms with E-state index in [2.05, 4.69) is 35.6 Å². The third-order valence-corrected chi connectivity index (χ3v) is 6.66. The second-order valence-corrected chi connectivity index (χ2v) is 7.84. The Morgan fingerprint density at radius 1 is 1.05 bits per heavy atom. The summed E-state index contributed by atoms with van der Waals surface area (Å²) >= 11 is 0. The van der Waals surface area contributed by atoms with Gasteiger partial charge in [0.25, 0.3) is 0 Å². The van der Waals surface area contributed by atoms with E-state index in [1.165, 1.54) is 58.3 Å². The summed E-state index contributed by atoms with van der Waals surface area (Å²) in [5, 5.41) is 0. The highest BCUT2D eigenvalue weighted by atomic mass is 15.3. The van der Waals surface area contributed by atoms with Crippen LogP contribution in [0.2, 0.25) is 0 Å². The SMILES string of the molecule is CC(C)N1CCC(CN)(N2CCC3CCC(C2)N3C)CC1. The van der Waals surface area contributed by atoms with Gasteiger partial charge >= 0.3 is 0 Å². The monoisotopic (exact) mass is 294 g/mol. The highest BCUT2D eigenvalue weighted by Crippen LogP contribution is 2.35. The molecule has 3 heterocycles. The van der Waals surface area contributed by atoms with Gasteiger partial charge in [-0.3, -0.25) is 9.80 Å². The zero-order valence-electron chi connectivity index (χ0n) is 14.2. The van der Waals surface area contributed by atoms with Crippen LogP contribution in [0.25, 0.3) is 0 Å². The molecule has 3 saturated heterocycles. The summed E-state index contributed by atoms with van der Waals surface area (Å²) in [4.78, 5) is 8.04. The summed E-state index contributed by atoms with van der Waals surface area (Å²) < 4.78 is 0. The van der Waals surface area contributed by atoms with Crippen molar-refractivity contribution < 1.29 is 0 Å². The maximum atomic E-state index is 6.30. The van der Waals surface area contributed by atoms with Crippen LogP contribution in [0.5, 0.6) is 0 Å². The van der Waals surface area contributed by atoms with Gasteiger partial charge in [-0.25, -0.2) is 0 Å². The van der Waals surface area contributed by atoms with E-state index >= 15 is 0 Å². The quantitative estimate of drug-likeness (QED) is 0.852. The number of likely N-dealkylation sites (N-methyl/N-ethyl adjacent to an activating group) is 1. The van der Waals surface area contributed by atoms with Crippen LogP contribution in [-0.4, -0.2) is 78.1 Å². The summed E-state index contributed by atoms with van der Waals surface area (Å²) in [5.41, 5.74) is 6.58. The van der Waals surface area contributed by atoms with Crippen LogP contribution in [0.4, 0.5) is 0 Å². The molecule has 2 atom stereocenters. The number of piperidine rings is 1. The first-order valence-corrected chi connectivity index (χ1v) is 8.97. The van der Waals surface area contributed by atoms with Crippen molar-refractivity contribution in [3.8, 4) is 0 Å². The molecule has 4 nitrogen and oxygen atoms in total. The molecule has 0 aromatic carbocycles. The Hall–Kier alpha value is -0.160. The molecular formula is C17H34N4. The molecule has 3 rings (SSSR count). The molecule has 0 aliphatic carbocycles. The van der Waals surface area contributed by atoms with Crippen LogP contribution in [0.1, 0.15) is 46.0 Å². The van der Waals surface area contributed by atoms with Crippen molar-refractivity contribution in [2.45, 2.75) is 69.6 Å². The summed E-state index contributed by atoms with van der Waals surface area (Å²) in [5.74, 6) is 0. The average molecular weight is 294 g/mol. The number of nitrogens with two attached hydrogens (primary N) is 1. The second kappa shape index (κ2) is 6.15. The summed E-state index contributed by atoms with van der Waals surface area (Å²) in [7, 11) is 2.34. The first-order chi connectivity index (χ1) is 10.1. The minimum absolute atomic E-state index is 0.275. The molecule has 3 aliphatic heterocycles. The van der Waals surface area contributed by atoms with E-state index in [4.69, 9.17) is 5.73 Å². The van der Waals surface area contributed by atoms with Crippen LogP contribution in [-0.2, 0) is 0 Å². The summed E-state index contributed by atoms with van der Waals surface area (Å²) in [6, 6.07) is 2.27. The highest BCUT2D eigenvalue weighted by Gasteiger charge is 2.43. The molecule has 2 unspecified atom stereocenters. The zero-order chi connectivity index (χ0) is 15.0. The zero-order valence-corrected chi connectivity index (χ0v) is 14.2. The average Bonchev–Trinajstić information content (AvgIpc) is 2.72. The van der Waals surface area contributed by atoms with Crippen LogP contribution < -0.4 is 5.73 Å². The van der Waals surface area contributed by atoms with Gasteiger partial charge in [-0.2, -0.15) is 0 Å². The molecule has 0 amide bonds. The molecule has 0 aromatic rings. The fourth-order valence-corrected chi connectivity index (χ4v) is 4.85. The van der Waals surface area contributed by atoms with Gasteiger partial charge in [0.05, 0.1) is 0 Å². The minimum atomic E-state index is 0.275. The van der Waals surface area contributed by atoms with Gasteiger partial charge in [-0.05, 0) is 53.0 Å². The largest absolute Gasteiger partial charge is 0.329 e. The molecule has 3 aliphatic rings. The molecule has 2 bridgehead atoms. The van der Waals surface area contributed by atoms with Gasteiger partial charge in [0.15, 0.2) is 0 Å². The lowest BCUT2D eigenvalue weighted by Crippen LogP contribution is -2.61. The summed E-state index contributed by atoms with van der Waals surface area (Å²) in [6.45, 7) is 10.4. The van der Waals surface area contributed by atoms with E-state index in [0.717, 1.165) is 18.6 Å². The van der Waals surface area contributed by atoms with Gasteiger partial charge in [0.2, 0.25) is 0 Å². The maximum Gasteiger partial charge on any atom is 0.0356 e. The van der Waals surface area contributed by atoms with Gasteiger partial charge in [-0.15, -0.1) is 0 Å². The number of nitrogens with zero attached hydrogens (tertiary/aromatic N) is 3. The third-order valence-electron chi connectivity index (χ3n) is 6.66. The lowest BCUT2D eigenvalue weighted by molar-refractivity contribution is 0.0129. The van der Waals surface area contributed by atoms with Crippen molar-refractivity contribution in [1.29, 1.82) is 0 Å². The highest BCUT2D eigenvalue weighted by molar-refractivity contribution is 5.01. The number of fused-ring (bicyclic) bond motifs is 2. The lowest BCUT2D eigenvalue weighted by atomic mass is 9.84. The molecule has 122 valence electrons. The molecule has 2 N–H and O–H groups in total. The van der Waals surface area contributed by atoms with Crippen molar-refractivity contribution in [3.05, 3.63) is 0 Å². The molecule has 0 spiro atoms. The van der Waals surface area contributed by atoms with Crippen molar-refractivity contribution in [3.63, 3.8) is 0 Å². The topological polar surface area (TPSA) is 35.7 Å². The summed E-state index contributed by atoms with van der Waals surface area (Å²) in [6.07, 6.45) is 6.64. The lowest BCUT2D eigenvalue weighted by Gasteiger charge is -2.50. The predicted octanol–water partition coefficient (Wildman–Crippen LogP) is 1.36. The smallest absolute Gasteiger partial charge is 0.0356 e. The van der Waals surface area contributed by atoms with E-state index in [-0.39, 0.29) is 5.54 Å². The van der Waals surface area contributed by atoms with Crippen molar-refractivity contribution in [2.24, 2.45) is 5.73 Å². The Bertz CT molecular complexity index is 349. The predicted molar refractivity (Wildman–Crippen MR) is 88.5 cm³/mol. The van der Waals surface area contributed by atoms with Crippen LogP contribution >= 0.6 is 0 Å². The first kappa shape index (κ1) is 15.7. The van der Waals surface area contributed by atoms with Crippen LogP contribution in [0.15, 0.2) is 0 Å². The van der Waals surface area contributed by atoms with E-state index in [1.807, 2.05) is 0 Å². The van der Waals surface area contributed by atoms with E-state index in [9.17, 15) is 0 Å².